The van der Waals surface area contributed by atoms with Gasteiger partial charge in [-0.05, 0) is 92.4 Å². The summed E-state index contributed by atoms with van der Waals surface area (Å²) in [5, 5.41) is 14.8. The Balaban J connectivity index is 1.07. The lowest BCUT2D eigenvalue weighted by atomic mass is 9.92. The molecule has 45 heavy (non-hydrogen) atoms. The molecule has 1 heterocycles. The molecule has 0 spiro atoms. The van der Waals surface area contributed by atoms with Crippen molar-refractivity contribution in [1.29, 1.82) is 0 Å². The molecular formula is C33H28F3N3O6. The van der Waals surface area contributed by atoms with Crippen LogP contribution in [0.25, 0.3) is 0 Å². The number of aromatic nitrogens is 1. The van der Waals surface area contributed by atoms with E-state index < -0.39 is 29.5 Å². The predicted octanol–water partition coefficient (Wildman–Crippen LogP) is 6.96. The zero-order valence-corrected chi connectivity index (χ0v) is 23.7. The molecule has 1 aromatic heterocycles. The highest BCUT2D eigenvalue weighted by Crippen LogP contribution is 2.30. The number of pyridine rings is 1. The second-order valence-electron chi connectivity index (χ2n) is 10.4. The number of para-hydroxylation sites is 1. The molecule has 5 rings (SSSR count). The molecule has 4 aromatic rings. The van der Waals surface area contributed by atoms with Crippen LogP contribution in [0.15, 0.2) is 91.1 Å². The number of hydrogen-bond acceptors (Lipinski definition) is 6. The molecule has 0 saturated heterocycles. The number of carboxylic acid groups (broad SMARTS) is 1. The average Bonchev–Trinajstić information content (AvgIpc) is 3.03. The Morgan fingerprint density at radius 3 is 2.04 bits per heavy atom. The molecular weight excluding hydrogens is 591 g/mol. The number of carbonyl (C=O) groups excluding carboxylic acids is 2. The molecule has 3 aromatic carbocycles. The first kappa shape index (κ1) is 31.0. The molecule has 232 valence electrons. The number of ether oxygens (including phenoxy) is 2. The Kier molecular flexibility index (Phi) is 9.31. The summed E-state index contributed by atoms with van der Waals surface area (Å²) in [4.78, 5) is 40.6. The van der Waals surface area contributed by atoms with Crippen LogP contribution in [0.1, 0.15) is 62.3 Å². The molecule has 12 heteroatoms. The van der Waals surface area contributed by atoms with Crippen molar-refractivity contribution < 1.29 is 42.1 Å². The number of carbonyl (C=O) groups is 3. The van der Waals surface area contributed by atoms with Crippen molar-refractivity contribution >= 4 is 23.5 Å². The van der Waals surface area contributed by atoms with E-state index in [4.69, 9.17) is 9.47 Å². The lowest BCUT2D eigenvalue weighted by Crippen LogP contribution is -2.39. The smallest absolute Gasteiger partial charge is 0.416 e. The number of carboxylic acids is 1. The Bertz CT molecular complexity index is 1650. The third-order valence-electron chi connectivity index (χ3n) is 7.24. The lowest BCUT2D eigenvalue weighted by molar-refractivity contribution is -0.137. The Morgan fingerprint density at radius 1 is 0.778 bits per heavy atom. The first-order chi connectivity index (χ1) is 21.5. The van der Waals surface area contributed by atoms with Crippen LogP contribution >= 0.6 is 0 Å². The second-order valence-corrected chi connectivity index (χ2v) is 10.4. The number of aromatic carboxylic acids is 1. The summed E-state index contributed by atoms with van der Waals surface area (Å²) >= 11 is 0. The highest BCUT2D eigenvalue weighted by atomic mass is 19.4. The minimum Gasteiger partial charge on any atom is -0.490 e. The molecule has 1 fully saturated rings. The van der Waals surface area contributed by atoms with Gasteiger partial charge in [0.15, 0.2) is 0 Å². The molecule has 2 amide bonds. The maximum Gasteiger partial charge on any atom is 0.416 e. The van der Waals surface area contributed by atoms with Crippen molar-refractivity contribution in [3.05, 3.63) is 113 Å². The third-order valence-corrected chi connectivity index (χ3v) is 7.24. The fourth-order valence-electron chi connectivity index (χ4n) is 4.85. The normalized spacial score (nSPS) is 16.3. The molecule has 1 aliphatic rings. The van der Waals surface area contributed by atoms with Crippen LogP contribution in [-0.2, 0) is 6.18 Å². The van der Waals surface area contributed by atoms with Crippen LogP contribution in [0.5, 0.6) is 17.4 Å². The Labute approximate surface area is 256 Å². The molecule has 0 atom stereocenters. The summed E-state index contributed by atoms with van der Waals surface area (Å²) in [6.07, 6.45) is -0.446. The van der Waals surface area contributed by atoms with Crippen molar-refractivity contribution in [3.8, 4) is 17.4 Å². The van der Waals surface area contributed by atoms with E-state index in [1.165, 1.54) is 42.6 Å². The molecule has 0 bridgehead atoms. The first-order valence-corrected chi connectivity index (χ1v) is 14.1. The Morgan fingerprint density at radius 2 is 1.42 bits per heavy atom. The fourth-order valence-corrected chi connectivity index (χ4v) is 4.85. The van der Waals surface area contributed by atoms with Gasteiger partial charge in [-0.15, -0.1) is 0 Å². The average molecular weight is 620 g/mol. The maximum atomic E-state index is 12.8. The molecule has 0 unspecified atom stereocenters. The molecule has 3 N–H and O–H groups in total. The van der Waals surface area contributed by atoms with Gasteiger partial charge in [-0.2, -0.15) is 13.2 Å². The van der Waals surface area contributed by atoms with Crippen molar-refractivity contribution in [2.45, 2.75) is 44.0 Å². The SMILES string of the molecule is O=C(Nc1ccccc1C(=O)O)c1ccc(Oc2ccc(OC3CCC(NC(=O)c4ccc(C(F)(F)F)cc4)CC3)cc2)nc1. The van der Waals surface area contributed by atoms with E-state index in [9.17, 15) is 32.7 Å². The van der Waals surface area contributed by atoms with E-state index in [0.29, 0.717) is 37.2 Å². The summed E-state index contributed by atoms with van der Waals surface area (Å²) in [6, 6.07) is 20.1. The van der Waals surface area contributed by atoms with Crippen molar-refractivity contribution in [2.24, 2.45) is 0 Å². The van der Waals surface area contributed by atoms with Crippen molar-refractivity contribution in [3.63, 3.8) is 0 Å². The molecule has 9 nitrogen and oxygen atoms in total. The lowest BCUT2D eigenvalue weighted by Gasteiger charge is -2.29. The summed E-state index contributed by atoms with van der Waals surface area (Å²) < 4.78 is 50.1. The zero-order valence-electron chi connectivity index (χ0n) is 23.7. The van der Waals surface area contributed by atoms with Crippen LogP contribution in [0.4, 0.5) is 18.9 Å². The topological polar surface area (TPSA) is 127 Å². The van der Waals surface area contributed by atoms with Crippen molar-refractivity contribution in [2.75, 3.05) is 5.32 Å². The third kappa shape index (κ3) is 8.17. The van der Waals surface area contributed by atoms with Gasteiger partial charge in [-0.3, -0.25) is 9.59 Å². The van der Waals surface area contributed by atoms with Gasteiger partial charge in [-0.25, -0.2) is 9.78 Å². The van der Waals surface area contributed by atoms with Crippen LogP contribution in [-0.4, -0.2) is 40.0 Å². The van der Waals surface area contributed by atoms with E-state index in [1.807, 2.05) is 0 Å². The van der Waals surface area contributed by atoms with Gasteiger partial charge in [0.2, 0.25) is 5.88 Å². The monoisotopic (exact) mass is 619 g/mol. The molecule has 0 radical (unpaired) electrons. The largest absolute Gasteiger partial charge is 0.490 e. The molecule has 1 aliphatic carbocycles. The minimum atomic E-state index is -4.45. The van der Waals surface area contributed by atoms with Gasteiger partial charge in [0.05, 0.1) is 28.5 Å². The van der Waals surface area contributed by atoms with Gasteiger partial charge >= 0.3 is 12.1 Å². The van der Waals surface area contributed by atoms with Gasteiger partial charge < -0.3 is 25.2 Å². The zero-order chi connectivity index (χ0) is 32.0. The fraction of sp³-hybridized carbons (Fsp3) is 0.212. The Hall–Kier alpha value is -5.39. The second kappa shape index (κ2) is 13.5. The predicted molar refractivity (Wildman–Crippen MR) is 158 cm³/mol. The number of amides is 2. The summed E-state index contributed by atoms with van der Waals surface area (Å²) in [5.41, 5.74) is -0.247. The number of nitrogens with zero attached hydrogens (tertiary/aromatic N) is 1. The number of benzene rings is 3. The highest BCUT2D eigenvalue weighted by molar-refractivity contribution is 6.07. The highest BCUT2D eigenvalue weighted by Gasteiger charge is 2.30. The van der Waals surface area contributed by atoms with E-state index in [2.05, 4.69) is 15.6 Å². The van der Waals surface area contributed by atoms with E-state index >= 15 is 0 Å². The van der Waals surface area contributed by atoms with Crippen LogP contribution < -0.4 is 20.1 Å². The standard InChI is InChI=1S/C33H28F3N3O6/c34-33(35,36)22-8-5-20(6-9-22)30(40)38-23-10-12-24(13-11-23)44-25-14-16-26(17-15-25)45-29-18-7-21(19-37-29)31(41)39-28-4-2-1-3-27(28)32(42)43/h1-9,14-19,23-24H,10-13H2,(H,38,40)(H,39,41)(H,42,43). The number of halogens is 3. The number of anilines is 1. The summed E-state index contributed by atoms with van der Waals surface area (Å²) in [6.45, 7) is 0. The molecule has 1 saturated carbocycles. The van der Waals surface area contributed by atoms with Crippen LogP contribution in [0, 0.1) is 0 Å². The summed E-state index contributed by atoms with van der Waals surface area (Å²) in [5.74, 6) is -0.683. The van der Waals surface area contributed by atoms with Gasteiger partial charge in [0, 0.05) is 23.9 Å². The maximum absolute atomic E-state index is 12.8. The minimum absolute atomic E-state index is 0.0257. The van der Waals surface area contributed by atoms with Gasteiger partial charge in [-0.1, -0.05) is 12.1 Å². The number of alkyl halides is 3. The van der Waals surface area contributed by atoms with Crippen LogP contribution in [0.3, 0.4) is 0 Å². The van der Waals surface area contributed by atoms with E-state index in [1.54, 1.807) is 36.4 Å². The van der Waals surface area contributed by atoms with E-state index in [0.717, 1.165) is 12.1 Å². The number of nitrogens with one attached hydrogen (secondary N) is 2. The van der Waals surface area contributed by atoms with Gasteiger partial charge in [0.1, 0.15) is 11.5 Å². The number of rotatable bonds is 9. The van der Waals surface area contributed by atoms with Gasteiger partial charge in [0.25, 0.3) is 11.8 Å². The van der Waals surface area contributed by atoms with Crippen molar-refractivity contribution in [1.82, 2.24) is 10.3 Å². The van der Waals surface area contributed by atoms with E-state index in [-0.39, 0.29) is 40.4 Å². The number of hydrogen-bond donors (Lipinski definition) is 3. The van der Waals surface area contributed by atoms with Crippen LogP contribution in [0.2, 0.25) is 0 Å². The first-order valence-electron chi connectivity index (χ1n) is 14.1. The summed E-state index contributed by atoms with van der Waals surface area (Å²) in [7, 11) is 0. The molecule has 0 aliphatic heterocycles. The quantitative estimate of drug-likeness (QED) is 0.185.